The molecule has 0 bridgehead atoms. The second-order valence-corrected chi connectivity index (χ2v) is 6.76. The van der Waals surface area contributed by atoms with Crippen molar-refractivity contribution in [2.45, 2.75) is 18.2 Å². The van der Waals surface area contributed by atoms with Crippen LogP contribution in [0.1, 0.15) is 11.1 Å². The Morgan fingerprint density at radius 1 is 1.09 bits per heavy atom. The van der Waals surface area contributed by atoms with Gasteiger partial charge in [0.25, 0.3) is 0 Å². The third-order valence-electron chi connectivity index (χ3n) is 3.26. The molecule has 5 N–H and O–H groups in total. The molecule has 0 amide bonds. The zero-order valence-electron chi connectivity index (χ0n) is 12.9. The maximum absolute atomic E-state index is 11.2. The molecule has 2 aromatic rings. The second-order valence-electron chi connectivity index (χ2n) is 5.20. The zero-order chi connectivity index (χ0) is 16.9. The molecule has 0 aliphatic carbocycles. The van der Waals surface area contributed by atoms with Gasteiger partial charge in [-0.2, -0.15) is 0 Å². The molecule has 23 heavy (non-hydrogen) atoms. The van der Waals surface area contributed by atoms with Gasteiger partial charge in [0.05, 0.1) is 4.90 Å². The number of rotatable bonds is 5. The number of hydrogen-bond donors (Lipinski definition) is 3. The third-order valence-corrected chi connectivity index (χ3v) is 4.19. The molecule has 0 aliphatic heterocycles. The van der Waals surface area contributed by atoms with Crippen molar-refractivity contribution in [2.75, 3.05) is 11.9 Å². The molecule has 2 aromatic carbocycles. The number of sulfonamides is 1. The third kappa shape index (κ3) is 5.39. The number of benzene rings is 2. The predicted octanol–water partition coefficient (Wildman–Crippen LogP) is 1.61. The molecule has 0 spiro atoms. The van der Waals surface area contributed by atoms with Gasteiger partial charge in [0.1, 0.15) is 0 Å². The summed E-state index contributed by atoms with van der Waals surface area (Å²) < 4.78 is 22.3. The maximum Gasteiger partial charge on any atom is 0.238 e. The summed E-state index contributed by atoms with van der Waals surface area (Å²) in [4.78, 5) is 4.35. The van der Waals surface area contributed by atoms with Gasteiger partial charge in [0.15, 0.2) is 5.96 Å². The van der Waals surface area contributed by atoms with Crippen LogP contribution in [0.25, 0.3) is 0 Å². The maximum atomic E-state index is 11.2. The van der Waals surface area contributed by atoms with Crippen LogP contribution in [-0.4, -0.2) is 20.9 Å². The van der Waals surface area contributed by atoms with E-state index in [4.69, 9.17) is 10.9 Å². The summed E-state index contributed by atoms with van der Waals surface area (Å²) in [6.07, 6.45) is 0.654. The molecule has 0 atom stereocenters. The minimum atomic E-state index is -3.65. The van der Waals surface area contributed by atoms with Gasteiger partial charge in [-0.1, -0.05) is 29.8 Å². The van der Waals surface area contributed by atoms with Gasteiger partial charge in [-0.15, -0.1) is 0 Å². The first-order valence-electron chi connectivity index (χ1n) is 7.10. The van der Waals surface area contributed by atoms with E-state index in [0.29, 0.717) is 18.9 Å². The van der Waals surface area contributed by atoms with Gasteiger partial charge in [0, 0.05) is 12.2 Å². The molecular weight excluding hydrogens is 312 g/mol. The van der Waals surface area contributed by atoms with Crippen molar-refractivity contribution in [3.63, 3.8) is 0 Å². The minimum absolute atomic E-state index is 0.102. The zero-order valence-corrected chi connectivity index (χ0v) is 13.7. The fourth-order valence-electron chi connectivity index (χ4n) is 1.98. The molecule has 2 rings (SSSR count). The van der Waals surface area contributed by atoms with Gasteiger partial charge < -0.3 is 11.1 Å². The van der Waals surface area contributed by atoms with Gasteiger partial charge >= 0.3 is 0 Å². The predicted molar refractivity (Wildman–Crippen MR) is 92.8 cm³/mol. The Kier molecular flexibility index (Phi) is 5.36. The normalized spacial score (nSPS) is 12.2. The van der Waals surface area contributed by atoms with E-state index in [0.717, 1.165) is 11.3 Å². The monoisotopic (exact) mass is 332 g/mol. The van der Waals surface area contributed by atoms with Crippen molar-refractivity contribution in [1.82, 2.24) is 0 Å². The lowest BCUT2D eigenvalue weighted by molar-refractivity contribution is 0.598. The van der Waals surface area contributed by atoms with Crippen LogP contribution < -0.4 is 16.2 Å². The minimum Gasteiger partial charge on any atom is -0.370 e. The average molecular weight is 332 g/mol. The highest BCUT2D eigenvalue weighted by atomic mass is 32.2. The van der Waals surface area contributed by atoms with E-state index in [-0.39, 0.29) is 4.90 Å². The fourth-order valence-corrected chi connectivity index (χ4v) is 2.49. The van der Waals surface area contributed by atoms with Crippen LogP contribution in [0.5, 0.6) is 0 Å². The number of anilines is 1. The number of nitrogens with one attached hydrogen (secondary N) is 1. The first kappa shape index (κ1) is 17.0. The molecule has 0 aliphatic rings. The summed E-state index contributed by atoms with van der Waals surface area (Å²) in [5, 5.41) is 8.07. The molecule has 122 valence electrons. The lowest BCUT2D eigenvalue weighted by atomic mass is 10.1. The van der Waals surface area contributed by atoms with E-state index in [9.17, 15) is 8.42 Å². The molecule has 0 heterocycles. The number of hydrogen-bond acceptors (Lipinski definition) is 3. The van der Waals surface area contributed by atoms with Crippen molar-refractivity contribution in [3.05, 3.63) is 59.7 Å². The highest BCUT2D eigenvalue weighted by Gasteiger charge is 2.06. The molecule has 6 nitrogen and oxygen atoms in total. The molecule has 0 aromatic heterocycles. The Morgan fingerprint density at radius 2 is 1.70 bits per heavy atom. The topological polar surface area (TPSA) is 111 Å². The van der Waals surface area contributed by atoms with Crippen molar-refractivity contribution in [2.24, 2.45) is 15.9 Å². The highest BCUT2D eigenvalue weighted by Crippen LogP contribution is 2.10. The Hall–Kier alpha value is -2.38. The lowest BCUT2D eigenvalue weighted by Gasteiger charge is -2.06. The van der Waals surface area contributed by atoms with Crippen LogP contribution in [0.15, 0.2) is 58.4 Å². The van der Waals surface area contributed by atoms with E-state index < -0.39 is 10.0 Å². The van der Waals surface area contributed by atoms with E-state index in [1.54, 1.807) is 12.1 Å². The van der Waals surface area contributed by atoms with Crippen LogP contribution >= 0.6 is 0 Å². The number of guanidine groups is 1. The van der Waals surface area contributed by atoms with Crippen LogP contribution in [-0.2, 0) is 16.4 Å². The summed E-state index contributed by atoms with van der Waals surface area (Å²) in [7, 11) is -3.65. The van der Waals surface area contributed by atoms with Gasteiger partial charge in [-0.05, 0) is 43.2 Å². The Morgan fingerprint density at radius 3 is 2.26 bits per heavy atom. The Labute approximate surface area is 136 Å². The van der Waals surface area contributed by atoms with Gasteiger partial charge in [-0.25, -0.2) is 13.6 Å². The molecule has 0 saturated carbocycles. The number of nitrogens with two attached hydrogens (primary N) is 2. The summed E-state index contributed by atoms with van der Waals surface area (Å²) in [6.45, 7) is 2.52. The number of aliphatic imine (C=N–C) groups is 1. The fraction of sp³-hybridized carbons (Fsp3) is 0.188. The molecule has 0 unspecified atom stereocenters. The molecule has 0 radical (unpaired) electrons. The summed E-state index contributed by atoms with van der Waals surface area (Å²) in [6, 6.07) is 14.3. The van der Waals surface area contributed by atoms with Gasteiger partial charge in [-0.3, -0.25) is 4.99 Å². The van der Waals surface area contributed by atoms with E-state index in [1.165, 1.54) is 17.7 Å². The smallest absolute Gasteiger partial charge is 0.238 e. The molecule has 0 saturated heterocycles. The number of aryl methyl sites for hydroxylation is 1. The van der Waals surface area contributed by atoms with E-state index in [1.807, 2.05) is 31.2 Å². The van der Waals surface area contributed by atoms with Crippen molar-refractivity contribution >= 4 is 21.7 Å². The van der Waals surface area contributed by atoms with Crippen molar-refractivity contribution in [3.8, 4) is 0 Å². The van der Waals surface area contributed by atoms with Crippen molar-refractivity contribution in [1.29, 1.82) is 0 Å². The number of nitrogens with zero attached hydrogens (tertiary/aromatic N) is 1. The molecule has 7 heteroatoms. The largest absolute Gasteiger partial charge is 0.370 e. The summed E-state index contributed by atoms with van der Waals surface area (Å²) in [5.41, 5.74) is 8.85. The SMILES string of the molecule is Cc1ccc(NC(N)=NCCc2ccc(S(N)(=O)=O)cc2)cc1. The standard InChI is InChI=1S/C16H20N4O2S/c1-12-2-6-14(7-3-12)20-16(17)19-11-10-13-4-8-15(9-5-13)23(18,21)22/h2-9H,10-11H2,1H3,(H3,17,19,20)(H2,18,21,22). The summed E-state index contributed by atoms with van der Waals surface area (Å²) >= 11 is 0. The van der Waals surface area contributed by atoms with Crippen LogP contribution in [0.4, 0.5) is 5.69 Å². The highest BCUT2D eigenvalue weighted by molar-refractivity contribution is 7.89. The average Bonchev–Trinajstić information content (AvgIpc) is 2.49. The Bertz CT molecular complexity index is 782. The van der Waals surface area contributed by atoms with Crippen LogP contribution in [0, 0.1) is 6.92 Å². The summed E-state index contributed by atoms with van der Waals surface area (Å²) in [5.74, 6) is 0.343. The van der Waals surface area contributed by atoms with E-state index >= 15 is 0 Å². The van der Waals surface area contributed by atoms with Crippen LogP contribution in [0.3, 0.4) is 0 Å². The second kappa shape index (κ2) is 7.26. The quantitative estimate of drug-likeness (QED) is 0.570. The number of primary sulfonamides is 1. The Balaban J connectivity index is 1.89. The van der Waals surface area contributed by atoms with E-state index in [2.05, 4.69) is 10.3 Å². The van der Waals surface area contributed by atoms with Crippen LogP contribution in [0.2, 0.25) is 0 Å². The molecule has 0 fully saturated rings. The van der Waals surface area contributed by atoms with Crippen molar-refractivity contribution < 1.29 is 8.42 Å². The lowest BCUT2D eigenvalue weighted by Crippen LogP contribution is -2.23. The molecular formula is C16H20N4O2S. The van der Waals surface area contributed by atoms with Gasteiger partial charge in [0.2, 0.25) is 10.0 Å². The first-order valence-corrected chi connectivity index (χ1v) is 8.64. The first-order chi connectivity index (χ1) is 10.8.